The number of aldehydes is 1. The first-order valence-electron chi connectivity index (χ1n) is 6.47. The van der Waals surface area contributed by atoms with Crippen LogP contribution in [0.3, 0.4) is 0 Å². The number of aryl methyl sites for hydroxylation is 1. The number of carbonyl (C=O) groups excluding carboxylic acids is 1. The summed E-state index contributed by atoms with van der Waals surface area (Å²) < 4.78 is 20.9. The minimum Gasteiger partial charge on any atom is -0.475 e. The van der Waals surface area contributed by atoms with Crippen LogP contribution in [0.1, 0.15) is 15.9 Å². The van der Waals surface area contributed by atoms with Gasteiger partial charge in [0.1, 0.15) is 6.61 Å². The van der Waals surface area contributed by atoms with E-state index in [1.807, 2.05) is 6.92 Å². The van der Waals surface area contributed by atoms with Crippen LogP contribution in [0.5, 0.6) is 5.88 Å². The van der Waals surface area contributed by atoms with Crippen LogP contribution in [-0.4, -0.2) is 58.0 Å². The third-order valence-corrected chi connectivity index (χ3v) is 2.46. The Labute approximate surface area is 119 Å². The predicted octanol–water partition coefficient (Wildman–Crippen LogP) is 1.26. The fourth-order valence-corrected chi connectivity index (χ4v) is 1.46. The van der Waals surface area contributed by atoms with E-state index in [1.54, 1.807) is 13.2 Å². The highest BCUT2D eigenvalue weighted by atomic mass is 16.6. The quantitative estimate of drug-likeness (QED) is 0.450. The molecule has 0 atom stereocenters. The minimum absolute atomic E-state index is 0.409. The Morgan fingerprint density at radius 2 is 1.75 bits per heavy atom. The third-order valence-electron chi connectivity index (χ3n) is 2.46. The first kappa shape index (κ1) is 16.6. The maximum absolute atomic E-state index is 10.6. The Balaban J connectivity index is 2.08. The Kier molecular flexibility index (Phi) is 8.53. The van der Waals surface area contributed by atoms with Gasteiger partial charge < -0.3 is 18.9 Å². The molecule has 0 aliphatic carbocycles. The summed E-state index contributed by atoms with van der Waals surface area (Å²) >= 11 is 0. The summed E-state index contributed by atoms with van der Waals surface area (Å²) in [7, 11) is 1.63. The van der Waals surface area contributed by atoms with Crippen molar-refractivity contribution < 1.29 is 23.7 Å². The van der Waals surface area contributed by atoms with E-state index >= 15 is 0 Å². The second kappa shape index (κ2) is 10.3. The van der Waals surface area contributed by atoms with Gasteiger partial charge in [-0.2, -0.15) is 0 Å². The molecule has 1 heterocycles. The number of methoxy groups -OCH3 is 1. The third kappa shape index (κ3) is 6.60. The van der Waals surface area contributed by atoms with Crippen molar-refractivity contribution in [3.63, 3.8) is 0 Å². The van der Waals surface area contributed by atoms with E-state index in [2.05, 4.69) is 4.98 Å². The summed E-state index contributed by atoms with van der Waals surface area (Å²) in [4.78, 5) is 14.6. The Hall–Kier alpha value is -1.50. The minimum atomic E-state index is 0.409. The molecule has 1 aromatic heterocycles. The molecule has 0 spiro atoms. The number of hydrogen-bond acceptors (Lipinski definition) is 6. The van der Waals surface area contributed by atoms with Crippen molar-refractivity contribution in [1.82, 2.24) is 4.98 Å². The Bertz CT molecular complexity index is 397. The van der Waals surface area contributed by atoms with Crippen LogP contribution in [0.25, 0.3) is 0 Å². The molecule has 112 valence electrons. The number of pyridine rings is 1. The van der Waals surface area contributed by atoms with Crippen molar-refractivity contribution in [2.24, 2.45) is 0 Å². The summed E-state index contributed by atoms with van der Waals surface area (Å²) in [5.74, 6) is 0.524. The first-order valence-corrected chi connectivity index (χ1v) is 6.47. The number of hydrogen-bond donors (Lipinski definition) is 0. The molecule has 0 saturated carbocycles. The second-order valence-electron chi connectivity index (χ2n) is 4.07. The number of ether oxygens (including phenoxy) is 4. The lowest BCUT2D eigenvalue weighted by Crippen LogP contribution is -2.13. The zero-order chi connectivity index (χ0) is 14.6. The summed E-state index contributed by atoms with van der Waals surface area (Å²) in [6.45, 7) is 4.93. The average molecular weight is 283 g/mol. The number of carbonyl (C=O) groups is 1. The van der Waals surface area contributed by atoms with E-state index in [4.69, 9.17) is 18.9 Å². The van der Waals surface area contributed by atoms with Crippen molar-refractivity contribution >= 4 is 6.29 Å². The molecule has 0 radical (unpaired) electrons. The molecule has 0 fully saturated rings. The lowest BCUT2D eigenvalue weighted by atomic mass is 10.2. The van der Waals surface area contributed by atoms with Crippen LogP contribution in [0.4, 0.5) is 0 Å². The van der Waals surface area contributed by atoms with E-state index in [1.165, 1.54) is 6.20 Å². The van der Waals surface area contributed by atoms with Crippen molar-refractivity contribution in [1.29, 1.82) is 0 Å². The number of rotatable bonds is 11. The Morgan fingerprint density at radius 3 is 2.35 bits per heavy atom. The largest absolute Gasteiger partial charge is 0.475 e. The molecule has 1 aromatic rings. The smallest absolute Gasteiger partial charge is 0.216 e. The highest BCUT2D eigenvalue weighted by Gasteiger charge is 2.02. The molecule has 0 aliphatic rings. The van der Waals surface area contributed by atoms with Gasteiger partial charge in [-0.15, -0.1) is 0 Å². The maximum atomic E-state index is 10.6. The van der Waals surface area contributed by atoms with E-state index in [9.17, 15) is 4.79 Å². The molecule has 0 bridgehead atoms. The molecule has 6 nitrogen and oxygen atoms in total. The normalized spacial score (nSPS) is 10.5. The molecule has 6 heteroatoms. The van der Waals surface area contributed by atoms with Crippen molar-refractivity contribution in [2.75, 3.05) is 46.8 Å². The van der Waals surface area contributed by atoms with Gasteiger partial charge in [0.15, 0.2) is 6.29 Å². The van der Waals surface area contributed by atoms with Crippen LogP contribution in [0.2, 0.25) is 0 Å². The van der Waals surface area contributed by atoms with Gasteiger partial charge >= 0.3 is 0 Å². The van der Waals surface area contributed by atoms with E-state index in [0.717, 1.165) is 11.8 Å². The molecule has 1 rings (SSSR count). The van der Waals surface area contributed by atoms with Crippen molar-refractivity contribution in [2.45, 2.75) is 6.92 Å². The maximum Gasteiger partial charge on any atom is 0.216 e. The molecule has 20 heavy (non-hydrogen) atoms. The fourth-order valence-electron chi connectivity index (χ4n) is 1.46. The lowest BCUT2D eigenvalue weighted by molar-refractivity contribution is 0.0176. The van der Waals surface area contributed by atoms with Gasteiger partial charge in [-0.25, -0.2) is 4.98 Å². The van der Waals surface area contributed by atoms with Crippen LogP contribution in [0, 0.1) is 6.92 Å². The molecule has 0 aromatic carbocycles. The average Bonchev–Trinajstić information content (AvgIpc) is 2.47. The van der Waals surface area contributed by atoms with Gasteiger partial charge in [-0.1, -0.05) is 0 Å². The van der Waals surface area contributed by atoms with Crippen molar-refractivity contribution in [3.05, 3.63) is 23.4 Å². The topological polar surface area (TPSA) is 66.9 Å². The summed E-state index contributed by atoms with van der Waals surface area (Å²) in [6.07, 6.45) is 2.25. The molecule has 0 aliphatic heterocycles. The number of nitrogens with zero attached hydrogens (tertiary/aromatic N) is 1. The first-order chi connectivity index (χ1) is 9.77. The van der Waals surface area contributed by atoms with Gasteiger partial charge in [-0.3, -0.25) is 4.79 Å². The fraction of sp³-hybridized carbons (Fsp3) is 0.571. The van der Waals surface area contributed by atoms with Gasteiger partial charge in [0, 0.05) is 24.4 Å². The molecule has 0 N–H and O–H groups in total. The van der Waals surface area contributed by atoms with E-state index < -0.39 is 0 Å². The lowest BCUT2D eigenvalue weighted by Gasteiger charge is -2.09. The van der Waals surface area contributed by atoms with Crippen LogP contribution < -0.4 is 4.74 Å². The van der Waals surface area contributed by atoms with Gasteiger partial charge in [0.25, 0.3) is 0 Å². The van der Waals surface area contributed by atoms with Crippen LogP contribution in [-0.2, 0) is 14.2 Å². The highest BCUT2D eigenvalue weighted by molar-refractivity contribution is 5.74. The summed E-state index contributed by atoms with van der Waals surface area (Å²) in [6, 6.07) is 1.74. The highest BCUT2D eigenvalue weighted by Crippen LogP contribution is 2.14. The van der Waals surface area contributed by atoms with E-state index in [-0.39, 0.29) is 0 Å². The summed E-state index contributed by atoms with van der Waals surface area (Å²) in [5, 5.41) is 0. The predicted molar refractivity (Wildman–Crippen MR) is 73.4 cm³/mol. The van der Waals surface area contributed by atoms with E-state index in [0.29, 0.717) is 51.1 Å². The Morgan fingerprint density at radius 1 is 1.10 bits per heavy atom. The zero-order valence-corrected chi connectivity index (χ0v) is 12.0. The standard InChI is InChI=1S/C14H21NO5/c1-12-9-13(11-16)10-15-14(12)20-8-7-19-6-5-18-4-3-17-2/h9-11H,3-8H2,1-2H3. The zero-order valence-electron chi connectivity index (χ0n) is 12.0. The van der Waals surface area contributed by atoms with Crippen LogP contribution >= 0.6 is 0 Å². The number of aromatic nitrogens is 1. The molecule has 0 saturated heterocycles. The van der Waals surface area contributed by atoms with Crippen LogP contribution in [0.15, 0.2) is 12.3 Å². The molecular weight excluding hydrogens is 262 g/mol. The molecule has 0 unspecified atom stereocenters. The second-order valence-corrected chi connectivity index (χ2v) is 4.07. The van der Waals surface area contributed by atoms with Gasteiger partial charge in [0.2, 0.25) is 5.88 Å². The SMILES string of the molecule is COCCOCCOCCOc1ncc(C=O)cc1C. The van der Waals surface area contributed by atoms with Gasteiger partial charge in [-0.05, 0) is 13.0 Å². The van der Waals surface area contributed by atoms with Gasteiger partial charge in [0.05, 0.1) is 33.0 Å². The molecule has 0 amide bonds. The van der Waals surface area contributed by atoms with Crippen molar-refractivity contribution in [3.8, 4) is 5.88 Å². The molecular formula is C14H21NO5. The monoisotopic (exact) mass is 283 g/mol. The summed E-state index contributed by atoms with van der Waals surface area (Å²) in [5.41, 5.74) is 1.37.